The Kier molecular flexibility index (Phi) is 6.58. The van der Waals surface area contributed by atoms with Crippen molar-refractivity contribution in [3.63, 3.8) is 0 Å². The van der Waals surface area contributed by atoms with Gasteiger partial charge in [0.15, 0.2) is 0 Å². The Balaban J connectivity index is 2.05. The van der Waals surface area contributed by atoms with Crippen molar-refractivity contribution in [2.45, 2.75) is 27.3 Å². The lowest BCUT2D eigenvalue weighted by Gasteiger charge is -2.06. The average molecular weight is 237 g/mol. The summed E-state index contributed by atoms with van der Waals surface area (Å²) in [5, 5.41) is 3.47. The van der Waals surface area contributed by atoms with Crippen LogP contribution < -0.4 is 5.32 Å². The van der Waals surface area contributed by atoms with Crippen molar-refractivity contribution in [2.75, 3.05) is 18.1 Å². The van der Waals surface area contributed by atoms with Crippen LogP contribution >= 0.6 is 11.8 Å². The van der Waals surface area contributed by atoms with Crippen LogP contribution in [0.25, 0.3) is 0 Å². The van der Waals surface area contributed by atoms with E-state index in [2.05, 4.69) is 50.4 Å². The molecule has 0 saturated carbocycles. The second-order valence-corrected chi connectivity index (χ2v) is 5.78. The summed E-state index contributed by atoms with van der Waals surface area (Å²) < 4.78 is 0. The van der Waals surface area contributed by atoms with E-state index in [9.17, 15) is 0 Å². The van der Waals surface area contributed by atoms with Gasteiger partial charge in [0.05, 0.1) is 0 Å². The predicted molar refractivity (Wildman–Crippen MR) is 75.0 cm³/mol. The highest BCUT2D eigenvalue weighted by Gasteiger charge is 1.95. The van der Waals surface area contributed by atoms with Crippen molar-refractivity contribution >= 4 is 11.8 Å². The molecule has 0 radical (unpaired) electrons. The molecule has 0 amide bonds. The van der Waals surface area contributed by atoms with E-state index in [1.165, 1.54) is 22.6 Å². The summed E-state index contributed by atoms with van der Waals surface area (Å²) in [4.78, 5) is 0. The average Bonchev–Trinajstić information content (AvgIpc) is 2.25. The third-order valence-electron chi connectivity index (χ3n) is 2.32. The third kappa shape index (κ3) is 6.19. The first-order valence-electron chi connectivity index (χ1n) is 6.02. The number of nitrogens with one attached hydrogen (secondary N) is 1. The van der Waals surface area contributed by atoms with Gasteiger partial charge in [-0.1, -0.05) is 43.7 Å². The Morgan fingerprint density at radius 1 is 1.19 bits per heavy atom. The summed E-state index contributed by atoms with van der Waals surface area (Å²) in [6, 6.07) is 8.74. The maximum absolute atomic E-state index is 3.47. The lowest BCUT2D eigenvalue weighted by Crippen LogP contribution is -2.16. The molecule has 1 rings (SSSR count). The molecule has 0 aliphatic carbocycles. The fraction of sp³-hybridized carbons (Fsp3) is 0.571. The van der Waals surface area contributed by atoms with Crippen LogP contribution in [0.2, 0.25) is 0 Å². The van der Waals surface area contributed by atoms with E-state index >= 15 is 0 Å². The van der Waals surface area contributed by atoms with Gasteiger partial charge in [-0.3, -0.25) is 0 Å². The Bertz CT molecular complexity index is 279. The highest BCUT2D eigenvalue weighted by molar-refractivity contribution is 7.99. The summed E-state index contributed by atoms with van der Waals surface area (Å²) >= 11 is 2.04. The molecule has 0 heterocycles. The van der Waals surface area contributed by atoms with Gasteiger partial charge in [0.2, 0.25) is 0 Å². The van der Waals surface area contributed by atoms with Crippen molar-refractivity contribution in [1.29, 1.82) is 0 Å². The fourth-order valence-corrected chi connectivity index (χ4v) is 2.33. The number of thioether (sulfide) groups is 1. The Morgan fingerprint density at radius 3 is 2.50 bits per heavy atom. The van der Waals surface area contributed by atoms with Crippen molar-refractivity contribution in [1.82, 2.24) is 5.32 Å². The molecule has 0 saturated heterocycles. The van der Waals surface area contributed by atoms with Crippen LogP contribution in [0.3, 0.4) is 0 Å². The largest absolute Gasteiger partial charge is 0.312 e. The van der Waals surface area contributed by atoms with Gasteiger partial charge >= 0.3 is 0 Å². The molecule has 0 unspecified atom stereocenters. The molecule has 1 nitrogen and oxygen atoms in total. The van der Waals surface area contributed by atoms with Crippen LogP contribution in [-0.2, 0) is 6.54 Å². The zero-order chi connectivity index (χ0) is 11.8. The van der Waals surface area contributed by atoms with E-state index < -0.39 is 0 Å². The molecule has 16 heavy (non-hydrogen) atoms. The van der Waals surface area contributed by atoms with Gasteiger partial charge in [-0.25, -0.2) is 0 Å². The summed E-state index contributed by atoms with van der Waals surface area (Å²) in [6.45, 7) is 8.76. The molecule has 0 spiro atoms. The number of rotatable bonds is 7. The lowest BCUT2D eigenvalue weighted by atomic mass is 10.1. The SMILES string of the molecule is Cc1ccc(CNCCSCC(C)C)cc1. The standard InChI is InChI=1S/C14H23NS/c1-12(2)11-16-9-8-15-10-14-6-4-13(3)5-7-14/h4-7,12,15H,8-11H2,1-3H3. The van der Waals surface area contributed by atoms with E-state index in [-0.39, 0.29) is 0 Å². The first kappa shape index (κ1) is 13.6. The maximum atomic E-state index is 3.47. The molecule has 0 bridgehead atoms. The van der Waals surface area contributed by atoms with Crippen molar-refractivity contribution in [2.24, 2.45) is 5.92 Å². The minimum Gasteiger partial charge on any atom is -0.312 e. The highest BCUT2D eigenvalue weighted by atomic mass is 32.2. The Labute approximate surface area is 104 Å². The molecule has 0 aliphatic heterocycles. The number of hydrogen-bond acceptors (Lipinski definition) is 2. The van der Waals surface area contributed by atoms with E-state index in [0.29, 0.717) is 0 Å². The van der Waals surface area contributed by atoms with Crippen LogP contribution in [0.1, 0.15) is 25.0 Å². The van der Waals surface area contributed by atoms with Crippen molar-refractivity contribution < 1.29 is 0 Å². The van der Waals surface area contributed by atoms with Crippen LogP contribution in [0.5, 0.6) is 0 Å². The molecule has 0 fully saturated rings. The van der Waals surface area contributed by atoms with Crippen LogP contribution in [-0.4, -0.2) is 18.1 Å². The first-order valence-corrected chi connectivity index (χ1v) is 7.18. The Morgan fingerprint density at radius 2 is 1.88 bits per heavy atom. The molecule has 0 aliphatic rings. The molecular weight excluding hydrogens is 214 g/mol. The van der Waals surface area contributed by atoms with Crippen LogP contribution in [0.4, 0.5) is 0 Å². The lowest BCUT2D eigenvalue weighted by molar-refractivity contribution is 0.725. The molecule has 0 atom stereocenters. The van der Waals surface area contributed by atoms with E-state index in [1.807, 2.05) is 11.8 Å². The zero-order valence-electron chi connectivity index (χ0n) is 10.6. The van der Waals surface area contributed by atoms with Gasteiger partial charge in [0.25, 0.3) is 0 Å². The monoisotopic (exact) mass is 237 g/mol. The van der Waals surface area contributed by atoms with E-state index in [1.54, 1.807) is 0 Å². The van der Waals surface area contributed by atoms with Gasteiger partial charge in [0.1, 0.15) is 0 Å². The van der Waals surface area contributed by atoms with Gasteiger partial charge in [0, 0.05) is 18.8 Å². The summed E-state index contributed by atoms with van der Waals surface area (Å²) in [5.41, 5.74) is 2.70. The number of hydrogen-bond donors (Lipinski definition) is 1. The maximum Gasteiger partial charge on any atom is 0.0205 e. The quantitative estimate of drug-likeness (QED) is 0.729. The summed E-state index contributed by atoms with van der Waals surface area (Å²) in [5.74, 6) is 3.29. The topological polar surface area (TPSA) is 12.0 Å². The minimum absolute atomic E-state index is 0.807. The van der Waals surface area contributed by atoms with Gasteiger partial charge in [-0.15, -0.1) is 0 Å². The minimum atomic E-state index is 0.807. The molecule has 1 aromatic carbocycles. The van der Waals surface area contributed by atoms with Crippen LogP contribution in [0, 0.1) is 12.8 Å². The normalized spacial score (nSPS) is 11.0. The first-order chi connectivity index (χ1) is 7.68. The molecule has 1 N–H and O–H groups in total. The second kappa shape index (κ2) is 7.75. The Hall–Kier alpha value is -0.470. The third-order valence-corrected chi connectivity index (χ3v) is 3.72. The van der Waals surface area contributed by atoms with Gasteiger partial charge in [-0.05, 0) is 24.2 Å². The zero-order valence-corrected chi connectivity index (χ0v) is 11.4. The second-order valence-electron chi connectivity index (χ2n) is 4.63. The van der Waals surface area contributed by atoms with E-state index in [0.717, 1.165) is 19.0 Å². The van der Waals surface area contributed by atoms with Crippen LogP contribution in [0.15, 0.2) is 24.3 Å². The van der Waals surface area contributed by atoms with Crippen molar-refractivity contribution in [3.8, 4) is 0 Å². The van der Waals surface area contributed by atoms with Gasteiger partial charge in [-0.2, -0.15) is 11.8 Å². The fourth-order valence-electron chi connectivity index (χ4n) is 1.40. The molecular formula is C14H23NS. The molecule has 0 aromatic heterocycles. The summed E-state index contributed by atoms with van der Waals surface area (Å²) in [6.07, 6.45) is 0. The molecule has 1 aromatic rings. The van der Waals surface area contributed by atoms with Gasteiger partial charge < -0.3 is 5.32 Å². The predicted octanol–water partition coefficient (Wildman–Crippen LogP) is 3.47. The highest BCUT2D eigenvalue weighted by Crippen LogP contribution is 2.06. The number of benzene rings is 1. The molecule has 90 valence electrons. The number of aryl methyl sites for hydroxylation is 1. The smallest absolute Gasteiger partial charge is 0.0205 e. The summed E-state index contributed by atoms with van der Waals surface area (Å²) in [7, 11) is 0. The van der Waals surface area contributed by atoms with Crippen molar-refractivity contribution in [3.05, 3.63) is 35.4 Å². The van der Waals surface area contributed by atoms with E-state index in [4.69, 9.17) is 0 Å². The molecule has 2 heteroatoms.